The first-order chi connectivity index (χ1) is 9.29. The van der Waals surface area contributed by atoms with Crippen LogP contribution in [0.2, 0.25) is 0 Å². The highest BCUT2D eigenvalue weighted by molar-refractivity contribution is 7.89. The van der Waals surface area contributed by atoms with Crippen molar-refractivity contribution in [2.45, 2.75) is 25.0 Å². The van der Waals surface area contributed by atoms with Gasteiger partial charge >= 0.3 is 0 Å². The molecule has 0 aromatic heterocycles. The SMILES string of the molecule is Cc1ccc(N2CCCC(S(N)(=O)=O)C2)c([N+](=O)[O-])c1. The third-order valence-corrected chi connectivity index (χ3v) is 4.83. The Morgan fingerprint density at radius 1 is 1.45 bits per heavy atom. The molecule has 0 amide bonds. The lowest BCUT2D eigenvalue weighted by atomic mass is 10.1. The topological polar surface area (TPSA) is 107 Å². The fraction of sp³-hybridized carbons (Fsp3) is 0.500. The van der Waals surface area contributed by atoms with Crippen LogP contribution in [0, 0.1) is 17.0 Å². The van der Waals surface area contributed by atoms with E-state index in [4.69, 9.17) is 5.14 Å². The number of nitro groups is 1. The first-order valence-corrected chi connectivity index (χ1v) is 7.91. The number of benzene rings is 1. The fourth-order valence-electron chi connectivity index (χ4n) is 2.47. The van der Waals surface area contributed by atoms with E-state index in [-0.39, 0.29) is 12.2 Å². The molecule has 0 radical (unpaired) electrons. The minimum Gasteiger partial charge on any atom is -0.365 e. The van der Waals surface area contributed by atoms with Gasteiger partial charge < -0.3 is 4.90 Å². The summed E-state index contributed by atoms with van der Waals surface area (Å²) in [6.45, 7) is 2.57. The van der Waals surface area contributed by atoms with Gasteiger partial charge in [-0.15, -0.1) is 0 Å². The van der Waals surface area contributed by atoms with E-state index in [1.54, 1.807) is 24.0 Å². The lowest BCUT2D eigenvalue weighted by Crippen LogP contribution is -2.44. The van der Waals surface area contributed by atoms with Gasteiger partial charge in [0, 0.05) is 19.2 Å². The minimum absolute atomic E-state index is 0.0000642. The molecule has 1 fully saturated rings. The molecule has 8 heteroatoms. The second-order valence-electron chi connectivity index (χ2n) is 5.05. The Kier molecular flexibility index (Phi) is 3.96. The monoisotopic (exact) mass is 299 g/mol. The molecule has 0 saturated carbocycles. The van der Waals surface area contributed by atoms with Crippen molar-refractivity contribution in [2.24, 2.45) is 5.14 Å². The summed E-state index contributed by atoms with van der Waals surface area (Å²) in [5.74, 6) is 0. The number of piperidine rings is 1. The highest BCUT2D eigenvalue weighted by Crippen LogP contribution is 2.31. The Bertz CT molecular complexity index is 630. The molecule has 1 atom stereocenters. The van der Waals surface area contributed by atoms with E-state index < -0.39 is 20.2 Å². The fourth-order valence-corrected chi connectivity index (χ4v) is 3.36. The van der Waals surface area contributed by atoms with Crippen molar-refractivity contribution < 1.29 is 13.3 Å². The van der Waals surface area contributed by atoms with Crippen molar-refractivity contribution in [3.63, 3.8) is 0 Å². The molecule has 1 aliphatic rings. The first kappa shape index (κ1) is 14.7. The average Bonchev–Trinajstić information content (AvgIpc) is 2.37. The van der Waals surface area contributed by atoms with Crippen molar-refractivity contribution in [3.05, 3.63) is 33.9 Å². The highest BCUT2D eigenvalue weighted by Gasteiger charge is 2.30. The Hall–Kier alpha value is -1.67. The van der Waals surface area contributed by atoms with Gasteiger partial charge in [0.15, 0.2) is 0 Å². The smallest absolute Gasteiger partial charge is 0.292 e. The number of nitro benzene ring substituents is 1. The maximum absolute atomic E-state index is 11.5. The lowest BCUT2D eigenvalue weighted by molar-refractivity contribution is -0.384. The molecular formula is C12H17N3O4S. The van der Waals surface area contributed by atoms with Gasteiger partial charge in [0.05, 0.1) is 10.2 Å². The summed E-state index contributed by atoms with van der Waals surface area (Å²) in [5.41, 5.74) is 1.24. The third kappa shape index (κ3) is 3.07. The Labute approximate surface area is 117 Å². The van der Waals surface area contributed by atoms with Crippen LogP contribution in [0.5, 0.6) is 0 Å². The predicted molar refractivity (Wildman–Crippen MR) is 76.2 cm³/mol. The van der Waals surface area contributed by atoms with Crippen LogP contribution in [0.1, 0.15) is 18.4 Å². The summed E-state index contributed by atoms with van der Waals surface area (Å²) in [5, 5.41) is 15.6. The van der Waals surface area contributed by atoms with Gasteiger partial charge in [-0.1, -0.05) is 6.07 Å². The molecule has 0 spiro atoms. The standard InChI is InChI=1S/C12H17N3O4S/c1-9-4-5-11(12(7-9)15(16)17)14-6-2-3-10(8-14)20(13,18)19/h4-5,7,10H,2-3,6,8H2,1H3,(H2,13,18,19). The summed E-state index contributed by atoms with van der Waals surface area (Å²) in [7, 11) is -3.62. The minimum atomic E-state index is -3.62. The number of anilines is 1. The molecule has 20 heavy (non-hydrogen) atoms. The normalized spacial score (nSPS) is 19.9. The Balaban J connectivity index is 2.34. The molecule has 0 bridgehead atoms. The summed E-state index contributed by atoms with van der Waals surface area (Å²) in [6.07, 6.45) is 1.14. The second kappa shape index (κ2) is 5.37. The Morgan fingerprint density at radius 3 is 2.75 bits per heavy atom. The van der Waals surface area contributed by atoms with Crippen molar-refractivity contribution in [1.29, 1.82) is 0 Å². The lowest BCUT2D eigenvalue weighted by Gasteiger charge is -2.32. The summed E-state index contributed by atoms with van der Waals surface area (Å²) < 4.78 is 22.9. The van der Waals surface area contributed by atoms with Gasteiger partial charge in [-0.25, -0.2) is 13.6 Å². The van der Waals surface area contributed by atoms with Gasteiger partial charge in [-0.05, 0) is 31.4 Å². The van der Waals surface area contributed by atoms with E-state index in [1.165, 1.54) is 6.07 Å². The van der Waals surface area contributed by atoms with E-state index in [1.807, 2.05) is 0 Å². The van der Waals surface area contributed by atoms with Crippen LogP contribution in [0.25, 0.3) is 0 Å². The molecule has 110 valence electrons. The maximum Gasteiger partial charge on any atom is 0.292 e. The number of nitrogens with two attached hydrogens (primary N) is 1. The van der Waals surface area contributed by atoms with Gasteiger partial charge in [0.1, 0.15) is 5.69 Å². The van der Waals surface area contributed by atoms with Gasteiger partial charge in [-0.2, -0.15) is 0 Å². The first-order valence-electron chi connectivity index (χ1n) is 6.30. The van der Waals surface area contributed by atoms with E-state index in [0.717, 1.165) is 5.56 Å². The van der Waals surface area contributed by atoms with Crippen LogP contribution in [-0.2, 0) is 10.0 Å². The zero-order chi connectivity index (χ0) is 14.9. The van der Waals surface area contributed by atoms with Gasteiger partial charge in [0.25, 0.3) is 5.69 Å². The molecule has 7 nitrogen and oxygen atoms in total. The summed E-state index contributed by atoms with van der Waals surface area (Å²) in [4.78, 5) is 12.4. The van der Waals surface area contributed by atoms with Crippen LogP contribution >= 0.6 is 0 Å². The van der Waals surface area contributed by atoms with Crippen molar-refractivity contribution >= 4 is 21.4 Å². The molecule has 1 aromatic rings. The maximum atomic E-state index is 11.5. The zero-order valence-corrected chi connectivity index (χ0v) is 12.0. The second-order valence-corrected chi connectivity index (χ2v) is 6.89. The van der Waals surface area contributed by atoms with E-state index in [0.29, 0.717) is 25.1 Å². The molecule has 1 heterocycles. The predicted octanol–water partition coefficient (Wildman–Crippen LogP) is 1.16. The largest absolute Gasteiger partial charge is 0.365 e. The number of hydrogen-bond acceptors (Lipinski definition) is 5. The number of primary sulfonamides is 1. The molecule has 0 aliphatic carbocycles. The summed E-state index contributed by atoms with van der Waals surface area (Å²) >= 11 is 0. The number of aryl methyl sites for hydroxylation is 1. The quantitative estimate of drug-likeness (QED) is 0.665. The molecule has 1 saturated heterocycles. The summed E-state index contributed by atoms with van der Waals surface area (Å²) in [6, 6.07) is 4.94. The molecule has 2 N–H and O–H groups in total. The Morgan fingerprint density at radius 2 is 2.15 bits per heavy atom. The number of rotatable bonds is 3. The van der Waals surface area contributed by atoms with Crippen LogP contribution in [0.15, 0.2) is 18.2 Å². The van der Waals surface area contributed by atoms with E-state index in [2.05, 4.69) is 0 Å². The molecule has 2 rings (SSSR count). The van der Waals surface area contributed by atoms with Gasteiger partial charge in [0.2, 0.25) is 10.0 Å². The molecule has 1 aliphatic heterocycles. The van der Waals surface area contributed by atoms with Crippen LogP contribution in [0.4, 0.5) is 11.4 Å². The number of sulfonamides is 1. The average molecular weight is 299 g/mol. The van der Waals surface area contributed by atoms with Crippen molar-refractivity contribution in [1.82, 2.24) is 0 Å². The number of nitrogens with zero attached hydrogens (tertiary/aromatic N) is 2. The van der Waals surface area contributed by atoms with Crippen LogP contribution in [0.3, 0.4) is 0 Å². The van der Waals surface area contributed by atoms with Crippen molar-refractivity contribution in [3.8, 4) is 0 Å². The third-order valence-electron chi connectivity index (χ3n) is 3.51. The number of hydrogen-bond donors (Lipinski definition) is 1. The molecular weight excluding hydrogens is 282 g/mol. The zero-order valence-electron chi connectivity index (χ0n) is 11.2. The van der Waals surface area contributed by atoms with Gasteiger partial charge in [-0.3, -0.25) is 10.1 Å². The highest BCUT2D eigenvalue weighted by atomic mass is 32.2. The van der Waals surface area contributed by atoms with Crippen LogP contribution in [-0.4, -0.2) is 31.7 Å². The molecule has 1 unspecified atom stereocenters. The molecule has 1 aromatic carbocycles. The van der Waals surface area contributed by atoms with E-state index >= 15 is 0 Å². The van der Waals surface area contributed by atoms with E-state index in [9.17, 15) is 18.5 Å². The van der Waals surface area contributed by atoms with Crippen LogP contribution < -0.4 is 10.0 Å². The van der Waals surface area contributed by atoms with Crippen molar-refractivity contribution in [2.75, 3.05) is 18.0 Å².